The summed E-state index contributed by atoms with van der Waals surface area (Å²) >= 11 is 0. The van der Waals surface area contributed by atoms with Gasteiger partial charge in [0.05, 0.1) is 6.04 Å². The fourth-order valence-electron chi connectivity index (χ4n) is 3.37. The maximum absolute atomic E-state index is 12.6. The first-order valence-electron chi connectivity index (χ1n) is 10.2. The topological polar surface area (TPSA) is 69.7 Å². The van der Waals surface area contributed by atoms with Gasteiger partial charge in [-0.05, 0) is 31.1 Å². The molecule has 2 aromatic carbocycles. The van der Waals surface area contributed by atoms with E-state index in [2.05, 4.69) is 5.32 Å². The van der Waals surface area contributed by atoms with Crippen molar-refractivity contribution >= 4 is 22.0 Å². The zero-order valence-corrected chi connectivity index (χ0v) is 18.3. The molecule has 1 aliphatic heterocycles. The molecule has 1 saturated heterocycles. The number of rotatable bonds is 7. The Bertz CT molecular complexity index is 965. The van der Waals surface area contributed by atoms with Crippen LogP contribution < -0.4 is 5.32 Å². The molecule has 1 aliphatic rings. The number of hydrogen-bond donors (Lipinski definition) is 1. The van der Waals surface area contributed by atoms with Crippen molar-refractivity contribution in [2.45, 2.75) is 26.4 Å². The van der Waals surface area contributed by atoms with Gasteiger partial charge in [0.25, 0.3) is 0 Å². The maximum Gasteiger partial charge on any atom is 0.237 e. The number of benzene rings is 2. The monoisotopic (exact) mass is 427 g/mol. The van der Waals surface area contributed by atoms with Gasteiger partial charge in [-0.2, -0.15) is 4.31 Å². The Hall–Kier alpha value is -2.48. The number of aryl methyl sites for hydroxylation is 1. The van der Waals surface area contributed by atoms with Gasteiger partial charge in [-0.3, -0.25) is 9.69 Å². The molecular formula is C23H29N3O3S. The summed E-state index contributed by atoms with van der Waals surface area (Å²) in [7, 11) is -3.48. The molecule has 7 heteroatoms. The summed E-state index contributed by atoms with van der Waals surface area (Å²) in [5, 5.41) is 4.23. The SMILES string of the molecule is Cc1ccc(CNC(=O)[C@H](C)N2CCN(S(=O)(=O)/C=C/c3ccccc3)CC2)cc1. The van der Waals surface area contributed by atoms with Crippen LogP contribution in [-0.4, -0.2) is 55.8 Å². The lowest BCUT2D eigenvalue weighted by Crippen LogP contribution is -2.54. The largest absolute Gasteiger partial charge is 0.351 e. The lowest BCUT2D eigenvalue weighted by molar-refractivity contribution is -0.126. The van der Waals surface area contributed by atoms with Crippen molar-refractivity contribution in [1.82, 2.24) is 14.5 Å². The van der Waals surface area contributed by atoms with Gasteiger partial charge in [-0.15, -0.1) is 0 Å². The van der Waals surface area contributed by atoms with Crippen LogP contribution in [0, 0.1) is 6.92 Å². The summed E-state index contributed by atoms with van der Waals surface area (Å²) in [6, 6.07) is 17.1. The van der Waals surface area contributed by atoms with Crippen LogP contribution in [0.4, 0.5) is 0 Å². The van der Waals surface area contributed by atoms with Crippen LogP contribution in [-0.2, 0) is 21.4 Å². The van der Waals surface area contributed by atoms with E-state index in [-0.39, 0.29) is 11.9 Å². The van der Waals surface area contributed by atoms with Crippen molar-refractivity contribution in [3.05, 3.63) is 76.7 Å². The van der Waals surface area contributed by atoms with Gasteiger partial charge in [-0.1, -0.05) is 60.2 Å². The molecule has 0 saturated carbocycles. The second-order valence-corrected chi connectivity index (χ2v) is 9.39. The van der Waals surface area contributed by atoms with E-state index in [0.29, 0.717) is 32.7 Å². The quantitative estimate of drug-likeness (QED) is 0.738. The van der Waals surface area contributed by atoms with Gasteiger partial charge in [0.15, 0.2) is 0 Å². The van der Waals surface area contributed by atoms with E-state index >= 15 is 0 Å². The first-order valence-corrected chi connectivity index (χ1v) is 11.7. The Morgan fingerprint density at radius 3 is 2.30 bits per heavy atom. The van der Waals surface area contributed by atoms with Crippen molar-refractivity contribution in [3.8, 4) is 0 Å². The number of carbonyl (C=O) groups is 1. The molecule has 0 aliphatic carbocycles. The number of nitrogens with one attached hydrogen (secondary N) is 1. The molecule has 30 heavy (non-hydrogen) atoms. The summed E-state index contributed by atoms with van der Waals surface area (Å²) in [5.74, 6) is -0.0455. The highest BCUT2D eigenvalue weighted by Gasteiger charge is 2.29. The number of piperazine rings is 1. The van der Waals surface area contributed by atoms with Crippen molar-refractivity contribution in [3.63, 3.8) is 0 Å². The van der Waals surface area contributed by atoms with Crippen molar-refractivity contribution in [2.24, 2.45) is 0 Å². The lowest BCUT2D eigenvalue weighted by Gasteiger charge is -2.36. The van der Waals surface area contributed by atoms with Crippen LogP contribution in [0.3, 0.4) is 0 Å². The first kappa shape index (κ1) is 22.2. The molecule has 2 aromatic rings. The number of nitrogens with zero attached hydrogens (tertiary/aromatic N) is 2. The fourth-order valence-corrected chi connectivity index (χ4v) is 4.54. The Kier molecular flexibility index (Phi) is 7.42. The normalized spacial score (nSPS) is 17.1. The molecule has 3 rings (SSSR count). The molecule has 1 N–H and O–H groups in total. The number of sulfonamides is 1. The van der Waals surface area contributed by atoms with E-state index in [1.165, 1.54) is 15.3 Å². The summed E-state index contributed by atoms with van der Waals surface area (Å²) in [6.45, 7) is 6.18. The zero-order chi connectivity index (χ0) is 21.6. The van der Waals surface area contributed by atoms with Gasteiger partial charge in [-0.25, -0.2) is 8.42 Å². The maximum atomic E-state index is 12.6. The number of hydrogen-bond acceptors (Lipinski definition) is 4. The highest BCUT2D eigenvalue weighted by atomic mass is 32.2. The van der Waals surface area contributed by atoms with Gasteiger partial charge >= 0.3 is 0 Å². The molecule has 0 unspecified atom stereocenters. The predicted octanol–water partition coefficient (Wildman–Crippen LogP) is 2.62. The van der Waals surface area contributed by atoms with Crippen molar-refractivity contribution in [2.75, 3.05) is 26.2 Å². The van der Waals surface area contributed by atoms with Crippen LogP contribution in [0.15, 0.2) is 60.0 Å². The zero-order valence-electron chi connectivity index (χ0n) is 17.5. The van der Waals surface area contributed by atoms with Crippen LogP contribution in [0.5, 0.6) is 0 Å². The molecule has 160 valence electrons. The standard InChI is InChI=1S/C23H29N3O3S/c1-19-8-10-22(11-9-19)18-24-23(27)20(2)25-13-15-26(16-14-25)30(28,29)17-12-21-6-4-3-5-7-21/h3-12,17,20H,13-16,18H2,1-2H3,(H,24,27)/b17-12+/t20-/m0/s1. The molecule has 1 heterocycles. The molecule has 1 atom stereocenters. The third-order valence-corrected chi connectivity index (χ3v) is 6.94. The minimum Gasteiger partial charge on any atom is -0.351 e. The van der Waals surface area contributed by atoms with Crippen LogP contribution in [0.1, 0.15) is 23.6 Å². The van der Waals surface area contributed by atoms with Crippen LogP contribution in [0.2, 0.25) is 0 Å². The Labute approximate surface area is 179 Å². The minimum absolute atomic E-state index is 0.0455. The summed E-state index contributed by atoms with van der Waals surface area (Å²) in [4.78, 5) is 14.5. The lowest BCUT2D eigenvalue weighted by atomic mass is 10.1. The average Bonchev–Trinajstić information content (AvgIpc) is 2.77. The Morgan fingerprint density at radius 2 is 1.67 bits per heavy atom. The third kappa shape index (κ3) is 6.01. The Morgan fingerprint density at radius 1 is 1.03 bits per heavy atom. The van der Waals surface area contributed by atoms with E-state index in [4.69, 9.17) is 0 Å². The minimum atomic E-state index is -3.48. The average molecular weight is 428 g/mol. The smallest absolute Gasteiger partial charge is 0.237 e. The van der Waals surface area contributed by atoms with E-state index in [9.17, 15) is 13.2 Å². The fraction of sp³-hybridized carbons (Fsp3) is 0.348. The predicted molar refractivity (Wildman–Crippen MR) is 120 cm³/mol. The van der Waals surface area contributed by atoms with E-state index in [0.717, 1.165) is 11.1 Å². The van der Waals surface area contributed by atoms with Crippen LogP contribution in [0.25, 0.3) is 6.08 Å². The first-order chi connectivity index (χ1) is 14.3. The van der Waals surface area contributed by atoms with E-state index in [1.807, 2.05) is 73.3 Å². The van der Waals surface area contributed by atoms with E-state index < -0.39 is 10.0 Å². The highest BCUT2D eigenvalue weighted by molar-refractivity contribution is 7.92. The second-order valence-electron chi connectivity index (χ2n) is 7.57. The van der Waals surface area contributed by atoms with Gasteiger partial charge < -0.3 is 5.32 Å². The number of amides is 1. The van der Waals surface area contributed by atoms with Gasteiger partial charge in [0.2, 0.25) is 15.9 Å². The molecule has 1 fully saturated rings. The van der Waals surface area contributed by atoms with Crippen molar-refractivity contribution in [1.29, 1.82) is 0 Å². The Balaban J connectivity index is 1.49. The van der Waals surface area contributed by atoms with Crippen LogP contribution >= 0.6 is 0 Å². The van der Waals surface area contributed by atoms with Crippen molar-refractivity contribution < 1.29 is 13.2 Å². The molecule has 0 radical (unpaired) electrons. The van der Waals surface area contributed by atoms with Gasteiger partial charge in [0, 0.05) is 38.1 Å². The summed E-state index contributed by atoms with van der Waals surface area (Å²) in [5.41, 5.74) is 3.09. The van der Waals surface area contributed by atoms with Gasteiger partial charge in [0.1, 0.15) is 0 Å². The summed E-state index contributed by atoms with van der Waals surface area (Å²) < 4.78 is 26.7. The molecule has 0 spiro atoms. The summed E-state index contributed by atoms with van der Waals surface area (Å²) in [6.07, 6.45) is 1.61. The molecule has 0 bridgehead atoms. The molecule has 0 aromatic heterocycles. The highest BCUT2D eigenvalue weighted by Crippen LogP contribution is 2.13. The number of carbonyl (C=O) groups excluding carboxylic acids is 1. The molecular weight excluding hydrogens is 398 g/mol. The second kappa shape index (κ2) is 10.0. The van der Waals surface area contributed by atoms with E-state index in [1.54, 1.807) is 6.08 Å². The third-order valence-electron chi connectivity index (χ3n) is 5.38. The molecule has 1 amide bonds. The molecule has 6 nitrogen and oxygen atoms in total.